The molecule has 1 N–H and O–H groups in total. The molecule has 2 aliphatic carbocycles. The van der Waals surface area contributed by atoms with E-state index in [0.29, 0.717) is 25.7 Å². The van der Waals surface area contributed by atoms with E-state index in [1.54, 1.807) is 0 Å². The van der Waals surface area contributed by atoms with Crippen LogP contribution in [-0.4, -0.2) is 50.1 Å². The fraction of sp³-hybridized carbons (Fsp3) is 0.933. The summed E-state index contributed by atoms with van der Waals surface area (Å²) in [6.07, 6.45) is 4.88. The molecule has 3 atom stereocenters. The number of hydrogen-bond donors (Lipinski definition) is 1. The van der Waals surface area contributed by atoms with Gasteiger partial charge in [-0.3, -0.25) is 10.1 Å². The van der Waals surface area contributed by atoms with Gasteiger partial charge in [0.2, 0.25) is 0 Å². The summed E-state index contributed by atoms with van der Waals surface area (Å²) in [5, 5.41) is 3.48. The van der Waals surface area contributed by atoms with Gasteiger partial charge in [-0.05, 0) is 39.5 Å². The molecule has 3 unspecified atom stereocenters. The molecule has 0 spiro atoms. The quantitative estimate of drug-likeness (QED) is 0.687. The Morgan fingerprint density at radius 3 is 2.75 bits per heavy atom. The number of hydrogen-bond acceptors (Lipinski definition) is 5. The van der Waals surface area contributed by atoms with Crippen LogP contribution in [0.4, 0.5) is 0 Å². The van der Waals surface area contributed by atoms with Crippen molar-refractivity contribution in [2.75, 3.05) is 20.3 Å². The van der Waals surface area contributed by atoms with Crippen molar-refractivity contribution >= 4 is 5.97 Å². The molecule has 5 nitrogen and oxygen atoms in total. The van der Waals surface area contributed by atoms with E-state index in [1.165, 1.54) is 7.11 Å². The van der Waals surface area contributed by atoms with E-state index in [2.05, 4.69) is 5.32 Å². The lowest BCUT2D eigenvalue weighted by Crippen LogP contribution is -2.52. The van der Waals surface area contributed by atoms with Crippen LogP contribution in [0.5, 0.6) is 0 Å². The highest BCUT2D eigenvalue weighted by molar-refractivity contribution is 5.81. The number of methoxy groups -OCH3 is 1. The minimum Gasteiger partial charge on any atom is -0.468 e. The van der Waals surface area contributed by atoms with Crippen LogP contribution in [0, 0.1) is 0 Å². The van der Waals surface area contributed by atoms with Crippen LogP contribution in [-0.2, 0) is 19.0 Å². The molecule has 0 radical (unpaired) electrons. The van der Waals surface area contributed by atoms with Gasteiger partial charge in [-0.15, -0.1) is 0 Å². The first-order valence-electron chi connectivity index (χ1n) is 7.69. The number of esters is 1. The monoisotopic (exact) mass is 285 g/mol. The van der Waals surface area contributed by atoms with Crippen LogP contribution in [0.3, 0.4) is 0 Å². The minimum absolute atomic E-state index is 0.0642. The topological polar surface area (TPSA) is 56.8 Å². The Morgan fingerprint density at radius 2 is 2.15 bits per heavy atom. The van der Waals surface area contributed by atoms with E-state index in [4.69, 9.17) is 14.2 Å². The van der Waals surface area contributed by atoms with Crippen molar-refractivity contribution in [3.8, 4) is 0 Å². The summed E-state index contributed by atoms with van der Waals surface area (Å²) in [5.41, 5.74) is -0.536. The van der Waals surface area contributed by atoms with Crippen molar-refractivity contribution < 1.29 is 19.0 Å². The van der Waals surface area contributed by atoms with Gasteiger partial charge in [-0.25, -0.2) is 0 Å². The molecular weight excluding hydrogens is 258 g/mol. The highest BCUT2D eigenvalue weighted by Gasteiger charge is 2.49. The molecule has 0 amide bonds. The Hall–Kier alpha value is -0.650. The fourth-order valence-electron chi connectivity index (χ4n) is 2.96. The summed E-state index contributed by atoms with van der Waals surface area (Å²) >= 11 is 0. The first-order chi connectivity index (χ1) is 9.59. The normalized spacial score (nSPS) is 31.2. The van der Waals surface area contributed by atoms with Crippen molar-refractivity contribution in [2.24, 2.45) is 0 Å². The van der Waals surface area contributed by atoms with E-state index in [-0.39, 0.29) is 18.2 Å². The van der Waals surface area contributed by atoms with E-state index >= 15 is 0 Å². The molecule has 2 aliphatic rings. The second kappa shape index (κ2) is 6.87. The lowest BCUT2D eigenvalue weighted by atomic mass is 9.97. The largest absolute Gasteiger partial charge is 0.468 e. The van der Waals surface area contributed by atoms with Crippen LogP contribution in [0.1, 0.15) is 46.0 Å². The maximum atomic E-state index is 12.1. The Bertz CT molecular complexity index is 332. The zero-order valence-corrected chi connectivity index (χ0v) is 12.8. The average molecular weight is 285 g/mol. The van der Waals surface area contributed by atoms with Crippen molar-refractivity contribution in [2.45, 2.75) is 69.7 Å². The summed E-state index contributed by atoms with van der Waals surface area (Å²) in [6, 6.07) is 0.480. The van der Waals surface area contributed by atoms with Gasteiger partial charge >= 0.3 is 5.97 Å². The second-order valence-corrected chi connectivity index (χ2v) is 5.96. The van der Waals surface area contributed by atoms with Gasteiger partial charge in [0.1, 0.15) is 5.54 Å². The maximum absolute atomic E-state index is 12.1. The SMILES string of the molecule is CCOCC(C)OC1CCC(NC2CC2)(C(=O)OC)C1. The van der Waals surface area contributed by atoms with E-state index < -0.39 is 5.54 Å². The second-order valence-electron chi connectivity index (χ2n) is 5.96. The molecule has 0 bridgehead atoms. The number of rotatable bonds is 8. The van der Waals surface area contributed by atoms with Crippen LogP contribution in [0.25, 0.3) is 0 Å². The van der Waals surface area contributed by atoms with Crippen LogP contribution >= 0.6 is 0 Å². The van der Waals surface area contributed by atoms with Gasteiger partial charge in [0.25, 0.3) is 0 Å². The predicted octanol–water partition coefficient (Wildman–Crippen LogP) is 1.64. The van der Waals surface area contributed by atoms with Crippen LogP contribution in [0.15, 0.2) is 0 Å². The Labute approximate surface area is 121 Å². The lowest BCUT2D eigenvalue weighted by Gasteiger charge is -2.28. The molecule has 0 aromatic rings. The first kappa shape index (κ1) is 15.7. The minimum atomic E-state index is -0.536. The maximum Gasteiger partial charge on any atom is 0.326 e. The molecule has 0 aromatic carbocycles. The summed E-state index contributed by atoms with van der Waals surface area (Å²) < 4.78 is 16.4. The van der Waals surface area contributed by atoms with E-state index in [0.717, 1.165) is 25.7 Å². The molecule has 2 saturated carbocycles. The van der Waals surface area contributed by atoms with Crippen LogP contribution < -0.4 is 5.32 Å². The van der Waals surface area contributed by atoms with Crippen molar-refractivity contribution in [1.82, 2.24) is 5.32 Å². The number of carbonyl (C=O) groups excluding carboxylic acids is 1. The van der Waals surface area contributed by atoms with Gasteiger partial charge in [-0.2, -0.15) is 0 Å². The van der Waals surface area contributed by atoms with Gasteiger partial charge in [0.05, 0.1) is 25.9 Å². The molecule has 0 saturated heterocycles. The first-order valence-corrected chi connectivity index (χ1v) is 7.69. The van der Waals surface area contributed by atoms with E-state index in [9.17, 15) is 4.79 Å². The molecule has 116 valence electrons. The molecule has 0 heterocycles. The molecule has 0 aliphatic heterocycles. The fourth-order valence-corrected chi connectivity index (χ4v) is 2.96. The molecule has 2 rings (SSSR count). The zero-order chi connectivity index (χ0) is 14.6. The third-order valence-electron chi connectivity index (χ3n) is 4.08. The molecular formula is C15H27NO4. The highest BCUT2D eigenvalue weighted by Crippen LogP contribution is 2.36. The summed E-state index contributed by atoms with van der Waals surface area (Å²) in [5.74, 6) is -0.145. The van der Waals surface area contributed by atoms with Gasteiger partial charge in [-0.1, -0.05) is 0 Å². The predicted molar refractivity (Wildman–Crippen MR) is 75.6 cm³/mol. The highest BCUT2D eigenvalue weighted by atomic mass is 16.5. The molecule has 5 heteroatoms. The average Bonchev–Trinajstić information content (AvgIpc) is 3.16. The number of nitrogens with one attached hydrogen (secondary N) is 1. The standard InChI is InChI=1S/C15H27NO4/c1-4-19-10-11(2)20-13-7-8-15(9-13,14(17)18-3)16-12-5-6-12/h11-13,16H,4-10H2,1-3H3. The van der Waals surface area contributed by atoms with Gasteiger partial charge < -0.3 is 14.2 Å². The summed E-state index contributed by atoms with van der Waals surface area (Å²) in [6.45, 7) is 5.30. The van der Waals surface area contributed by atoms with Crippen molar-refractivity contribution in [3.05, 3.63) is 0 Å². The van der Waals surface area contributed by atoms with Crippen molar-refractivity contribution in [1.29, 1.82) is 0 Å². The number of carbonyl (C=O) groups is 1. The van der Waals surface area contributed by atoms with E-state index in [1.807, 2.05) is 13.8 Å². The lowest BCUT2D eigenvalue weighted by molar-refractivity contribution is -0.149. The molecule has 20 heavy (non-hydrogen) atoms. The Morgan fingerprint density at radius 1 is 1.40 bits per heavy atom. The van der Waals surface area contributed by atoms with Crippen LogP contribution in [0.2, 0.25) is 0 Å². The zero-order valence-electron chi connectivity index (χ0n) is 12.8. The van der Waals surface area contributed by atoms with Crippen molar-refractivity contribution in [3.63, 3.8) is 0 Å². The molecule has 0 aromatic heterocycles. The third kappa shape index (κ3) is 3.93. The smallest absolute Gasteiger partial charge is 0.326 e. The third-order valence-corrected chi connectivity index (χ3v) is 4.08. The Balaban J connectivity index is 1.87. The molecule has 2 fully saturated rings. The van der Waals surface area contributed by atoms with Gasteiger partial charge in [0.15, 0.2) is 0 Å². The summed E-state index contributed by atoms with van der Waals surface area (Å²) in [7, 11) is 1.46. The van der Waals surface area contributed by atoms with Gasteiger partial charge in [0, 0.05) is 19.1 Å². The summed E-state index contributed by atoms with van der Waals surface area (Å²) in [4.78, 5) is 12.1. The Kier molecular flexibility index (Phi) is 5.41. The number of ether oxygens (including phenoxy) is 3.